The zero-order valence-corrected chi connectivity index (χ0v) is 9.54. The van der Waals surface area contributed by atoms with Gasteiger partial charge in [-0.25, -0.2) is 9.97 Å². The maximum absolute atomic E-state index is 10.7. The number of carboxylic acid groups (broad SMARTS) is 2. The second-order valence-corrected chi connectivity index (χ2v) is 3.56. The van der Waals surface area contributed by atoms with Crippen molar-refractivity contribution in [2.24, 2.45) is 0 Å². The average molecular weight is 239 g/mol. The van der Waals surface area contributed by atoms with E-state index >= 15 is 0 Å². The molecule has 0 unspecified atom stereocenters. The van der Waals surface area contributed by atoms with Gasteiger partial charge in [-0.05, 0) is 13.8 Å². The third-order valence-corrected chi connectivity index (χ3v) is 1.93. The molecule has 1 heterocycles. The third-order valence-electron chi connectivity index (χ3n) is 1.93. The van der Waals surface area contributed by atoms with E-state index in [0.29, 0.717) is 17.3 Å². The molecule has 2 N–H and O–H groups in total. The quantitative estimate of drug-likeness (QED) is 0.749. The number of aryl methyl sites for hydroxylation is 2. The first kappa shape index (κ1) is 12.9. The van der Waals surface area contributed by atoms with Crippen molar-refractivity contribution in [3.8, 4) is 0 Å². The van der Waals surface area contributed by atoms with E-state index in [9.17, 15) is 9.59 Å². The predicted octanol–water partition coefficient (Wildman–Crippen LogP) is 0.0690. The molecular weight excluding hydrogens is 226 g/mol. The van der Waals surface area contributed by atoms with Crippen molar-refractivity contribution in [1.82, 2.24) is 9.97 Å². The summed E-state index contributed by atoms with van der Waals surface area (Å²) in [7, 11) is 0. The predicted molar refractivity (Wildman–Crippen MR) is 59.0 cm³/mol. The standard InChI is InChI=1S/C10H13N3O4/c1-6-3-8(12-7(2)11-6)13(4-9(14)15)5-10(16)17/h3H,4-5H2,1-2H3,(H,14,15)(H,16,17). The highest BCUT2D eigenvalue weighted by Gasteiger charge is 2.16. The average Bonchev–Trinajstić information content (AvgIpc) is 2.13. The van der Waals surface area contributed by atoms with Crippen LogP contribution in [0.2, 0.25) is 0 Å². The van der Waals surface area contributed by atoms with Crippen LogP contribution in [-0.2, 0) is 9.59 Å². The minimum Gasteiger partial charge on any atom is -0.480 e. The van der Waals surface area contributed by atoms with Crippen LogP contribution in [0.25, 0.3) is 0 Å². The number of carbonyl (C=O) groups is 2. The van der Waals surface area contributed by atoms with E-state index in [1.807, 2.05) is 0 Å². The van der Waals surface area contributed by atoms with Crippen molar-refractivity contribution in [3.63, 3.8) is 0 Å². The zero-order chi connectivity index (χ0) is 13.0. The molecule has 17 heavy (non-hydrogen) atoms. The number of hydrogen-bond donors (Lipinski definition) is 2. The van der Waals surface area contributed by atoms with Gasteiger partial charge in [0.25, 0.3) is 0 Å². The summed E-state index contributed by atoms with van der Waals surface area (Å²) in [5.41, 5.74) is 0.660. The summed E-state index contributed by atoms with van der Waals surface area (Å²) in [4.78, 5) is 30.6. The Kier molecular flexibility index (Phi) is 3.97. The number of hydrogen-bond acceptors (Lipinski definition) is 5. The highest BCUT2D eigenvalue weighted by atomic mass is 16.4. The van der Waals surface area contributed by atoms with E-state index in [1.54, 1.807) is 19.9 Å². The van der Waals surface area contributed by atoms with E-state index in [0.717, 1.165) is 0 Å². The molecule has 0 aliphatic carbocycles. The number of aliphatic carboxylic acids is 2. The summed E-state index contributed by atoms with van der Waals surface area (Å²) in [5.74, 6) is -1.44. The molecular formula is C10H13N3O4. The largest absolute Gasteiger partial charge is 0.480 e. The fraction of sp³-hybridized carbons (Fsp3) is 0.400. The lowest BCUT2D eigenvalue weighted by atomic mass is 10.3. The molecule has 1 aromatic rings. The minimum atomic E-state index is -1.11. The van der Waals surface area contributed by atoms with E-state index < -0.39 is 25.0 Å². The Hall–Kier alpha value is -2.18. The molecule has 0 spiro atoms. The Bertz CT molecular complexity index is 411. The highest BCUT2D eigenvalue weighted by molar-refractivity contribution is 5.78. The molecule has 0 aliphatic rings. The molecule has 0 atom stereocenters. The lowest BCUT2D eigenvalue weighted by Gasteiger charge is -2.19. The van der Waals surface area contributed by atoms with Crippen LogP contribution in [-0.4, -0.2) is 45.2 Å². The SMILES string of the molecule is Cc1cc(N(CC(=O)O)CC(=O)O)nc(C)n1. The number of aromatic nitrogens is 2. The van der Waals surface area contributed by atoms with Gasteiger partial charge in [0.05, 0.1) is 0 Å². The van der Waals surface area contributed by atoms with E-state index in [2.05, 4.69) is 9.97 Å². The van der Waals surface area contributed by atoms with Crippen LogP contribution in [0.1, 0.15) is 11.5 Å². The van der Waals surface area contributed by atoms with Crippen LogP contribution in [0.5, 0.6) is 0 Å². The first-order valence-electron chi connectivity index (χ1n) is 4.89. The summed E-state index contributed by atoms with van der Waals surface area (Å²) in [6, 6.07) is 1.55. The second-order valence-electron chi connectivity index (χ2n) is 3.56. The van der Waals surface area contributed by atoms with Crippen LogP contribution in [0.4, 0.5) is 5.82 Å². The third kappa shape index (κ3) is 4.06. The van der Waals surface area contributed by atoms with Gasteiger partial charge in [0.1, 0.15) is 24.7 Å². The van der Waals surface area contributed by atoms with Crippen molar-refractivity contribution >= 4 is 17.8 Å². The lowest BCUT2D eigenvalue weighted by Crippen LogP contribution is -2.35. The summed E-state index contributed by atoms with van der Waals surface area (Å²) in [6.45, 7) is 2.57. The summed E-state index contributed by atoms with van der Waals surface area (Å²) in [6.07, 6.45) is 0. The van der Waals surface area contributed by atoms with Gasteiger partial charge >= 0.3 is 11.9 Å². The van der Waals surface area contributed by atoms with Crippen molar-refractivity contribution in [2.75, 3.05) is 18.0 Å². The number of anilines is 1. The highest BCUT2D eigenvalue weighted by Crippen LogP contribution is 2.11. The molecule has 0 aliphatic heterocycles. The van der Waals surface area contributed by atoms with E-state index in [4.69, 9.17) is 10.2 Å². The number of nitrogens with zero attached hydrogens (tertiary/aromatic N) is 3. The Balaban J connectivity index is 3.02. The van der Waals surface area contributed by atoms with Crippen molar-refractivity contribution in [2.45, 2.75) is 13.8 Å². The van der Waals surface area contributed by atoms with Crippen LogP contribution < -0.4 is 4.90 Å². The molecule has 0 saturated heterocycles. The summed E-state index contributed by atoms with van der Waals surface area (Å²) < 4.78 is 0. The topological polar surface area (TPSA) is 104 Å². The van der Waals surface area contributed by atoms with Gasteiger partial charge in [0, 0.05) is 11.8 Å². The second kappa shape index (κ2) is 5.24. The van der Waals surface area contributed by atoms with Gasteiger partial charge in [0.15, 0.2) is 0 Å². The van der Waals surface area contributed by atoms with Gasteiger partial charge in [-0.2, -0.15) is 0 Å². The molecule has 0 amide bonds. The van der Waals surface area contributed by atoms with Crippen molar-refractivity contribution in [1.29, 1.82) is 0 Å². The maximum Gasteiger partial charge on any atom is 0.323 e. The first-order valence-corrected chi connectivity index (χ1v) is 4.89. The van der Waals surface area contributed by atoms with Gasteiger partial charge in [-0.3, -0.25) is 9.59 Å². The fourth-order valence-electron chi connectivity index (χ4n) is 1.40. The maximum atomic E-state index is 10.7. The normalized spacial score (nSPS) is 10.0. The molecule has 0 fully saturated rings. The molecule has 7 heteroatoms. The lowest BCUT2D eigenvalue weighted by molar-refractivity contribution is -0.136. The van der Waals surface area contributed by atoms with Crippen LogP contribution in [0.15, 0.2) is 6.07 Å². The monoisotopic (exact) mass is 239 g/mol. The Morgan fingerprint density at radius 1 is 1.18 bits per heavy atom. The molecule has 0 bridgehead atoms. The van der Waals surface area contributed by atoms with E-state index in [1.165, 1.54) is 4.90 Å². The molecule has 0 saturated carbocycles. The van der Waals surface area contributed by atoms with Crippen molar-refractivity contribution < 1.29 is 19.8 Å². The molecule has 1 aromatic heterocycles. The van der Waals surface area contributed by atoms with Gasteiger partial charge in [-0.15, -0.1) is 0 Å². The fourth-order valence-corrected chi connectivity index (χ4v) is 1.40. The van der Waals surface area contributed by atoms with Gasteiger partial charge in [0.2, 0.25) is 0 Å². The zero-order valence-electron chi connectivity index (χ0n) is 9.54. The van der Waals surface area contributed by atoms with Crippen molar-refractivity contribution in [3.05, 3.63) is 17.6 Å². The van der Waals surface area contributed by atoms with Crippen LogP contribution in [0.3, 0.4) is 0 Å². The first-order chi connectivity index (χ1) is 7.88. The van der Waals surface area contributed by atoms with E-state index in [-0.39, 0.29) is 0 Å². The Morgan fingerprint density at radius 3 is 2.12 bits per heavy atom. The molecule has 0 radical (unpaired) electrons. The smallest absolute Gasteiger partial charge is 0.323 e. The Labute approximate surface area is 97.7 Å². The summed E-state index contributed by atoms with van der Waals surface area (Å²) in [5, 5.41) is 17.4. The summed E-state index contributed by atoms with van der Waals surface area (Å²) >= 11 is 0. The molecule has 92 valence electrons. The minimum absolute atomic E-state index is 0.305. The molecule has 1 rings (SSSR count). The molecule has 0 aromatic carbocycles. The number of carboxylic acids is 2. The number of rotatable bonds is 5. The molecule has 7 nitrogen and oxygen atoms in total. The van der Waals surface area contributed by atoms with Gasteiger partial charge in [-0.1, -0.05) is 0 Å². The van der Waals surface area contributed by atoms with Crippen LogP contribution >= 0.6 is 0 Å². The van der Waals surface area contributed by atoms with Gasteiger partial charge < -0.3 is 15.1 Å². The Morgan fingerprint density at radius 2 is 1.71 bits per heavy atom. The van der Waals surface area contributed by atoms with Crippen LogP contribution in [0, 0.1) is 13.8 Å².